The Hall–Kier alpha value is -3.00. The quantitative estimate of drug-likeness (QED) is 0.597. The molecule has 1 aromatic carbocycles. The summed E-state index contributed by atoms with van der Waals surface area (Å²) in [5.41, 5.74) is 1.06. The molecule has 4 rings (SSSR count). The van der Waals surface area contributed by atoms with E-state index in [9.17, 15) is 4.39 Å². The summed E-state index contributed by atoms with van der Waals surface area (Å²) in [7, 11) is 0. The summed E-state index contributed by atoms with van der Waals surface area (Å²) in [4.78, 5) is 15.5. The average molecular weight is 331 g/mol. The molecule has 0 fully saturated rings. The molecule has 0 bridgehead atoms. The molecule has 4 aromatic rings. The number of aromatic amines is 1. The number of hydrogen-bond acceptors (Lipinski definition) is 6. The highest BCUT2D eigenvalue weighted by molar-refractivity contribution is 6.33. The number of anilines is 2. The van der Waals surface area contributed by atoms with Gasteiger partial charge >= 0.3 is 0 Å². The van der Waals surface area contributed by atoms with Crippen molar-refractivity contribution in [2.45, 2.75) is 0 Å². The minimum atomic E-state index is -0.476. The Morgan fingerprint density at radius 2 is 2.13 bits per heavy atom. The summed E-state index contributed by atoms with van der Waals surface area (Å²) in [6.45, 7) is 0. The Morgan fingerprint density at radius 1 is 1.22 bits per heavy atom. The van der Waals surface area contributed by atoms with Crippen molar-refractivity contribution in [2.24, 2.45) is 0 Å². The Bertz CT molecular complexity index is 964. The number of hydrogen-bond donors (Lipinski definition) is 2. The second-order valence-corrected chi connectivity index (χ2v) is 5.02. The van der Waals surface area contributed by atoms with Crippen molar-refractivity contribution in [3.05, 3.63) is 47.7 Å². The van der Waals surface area contributed by atoms with Gasteiger partial charge in [0.25, 0.3) is 0 Å². The van der Waals surface area contributed by atoms with Crippen molar-refractivity contribution in [2.75, 3.05) is 5.32 Å². The van der Waals surface area contributed by atoms with E-state index in [4.69, 9.17) is 16.1 Å². The van der Waals surface area contributed by atoms with Crippen molar-refractivity contribution in [3.8, 4) is 11.4 Å². The van der Waals surface area contributed by atoms with E-state index in [1.807, 2.05) is 0 Å². The predicted octanol–water partition coefficient (Wildman–Crippen LogP) is 3.54. The molecular weight excluding hydrogens is 323 g/mol. The van der Waals surface area contributed by atoms with Crippen molar-refractivity contribution >= 4 is 34.4 Å². The van der Waals surface area contributed by atoms with E-state index in [1.165, 1.54) is 24.7 Å². The fourth-order valence-electron chi connectivity index (χ4n) is 2.16. The molecule has 0 aliphatic carbocycles. The Morgan fingerprint density at radius 3 is 2.91 bits per heavy atom. The van der Waals surface area contributed by atoms with Gasteiger partial charge in [-0.3, -0.25) is 0 Å². The van der Waals surface area contributed by atoms with Crippen LogP contribution in [0.4, 0.5) is 16.0 Å². The maximum atomic E-state index is 14.1. The lowest BCUT2D eigenvalue weighted by Crippen LogP contribution is -1.95. The van der Waals surface area contributed by atoms with Crippen LogP contribution < -0.4 is 5.32 Å². The third kappa shape index (κ3) is 2.38. The lowest BCUT2D eigenvalue weighted by molar-refractivity contribution is 0.423. The standard InChI is InChI=1S/C14H8ClFN6O/c15-7-2-1-3-8(16)10(7)12-20-11-13(17-6-18-14(11)21-12)19-9-4-5-23-22-9/h1-6H,(H2,17,18,19,20,21,22). The van der Waals surface area contributed by atoms with Gasteiger partial charge < -0.3 is 14.8 Å². The van der Waals surface area contributed by atoms with Crippen molar-refractivity contribution < 1.29 is 8.91 Å². The highest BCUT2D eigenvalue weighted by atomic mass is 35.5. The van der Waals surface area contributed by atoms with E-state index in [2.05, 4.69) is 30.4 Å². The van der Waals surface area contributed by atoms with Crippen molar-refractivity contribution in [1.29, 1.82) is 0 Å². The van der Waals surface area contributed by atoms with Crippen LogP contribution in [0.25, 0.3) is 22.6 Å². The zero-order valence-electron chi connectivity index (χ0n) is 11.4. The molecule has 9 heteroatoms. The van der Waals surface area contributed by atoms with Crippen LogP contribution in [-0.2, 0) is 0 Å². The van der Waals surface area contributed by atoms with Gasteiger partial charge in [-0.25, -0.2) is 19.3 Å². The zero-order chi connectivity index (χ0) is 15.8. The van der Waals surface area contributed by atoms with Crippen LogP contribution >= 0.6 is 11.6 Å². The SMILES string of the molecule is Fc1cccc(Cl)c1-c1nc2ncnc(Nc3ccon3)c2[nH]1. The molecule has 114 valence electrons. The summed E-state index contributed by atoms with van der Waals surface area (Å²) in [5, 5.41) is 6.97. The lowest BCUT2D eigenvalue weighted by Gasteiger charge is -2.02. The molecule has 0 unspecified atom stereocenters. The second kappa shape index (κ2) is 5.33. The molecule has 0 spiro atoms. The monoisotopic (exact) mass is 330 g/mol. The average Bonchev–Trinajstić information content (AvgIpc) is 3.17. The Labute approximate surface area is 133 Å². The molecule has 23 heavy (non-hydrogen) atoms. The van der Waals surface area contributed by atoms with E-state index < -0.39 is 5.82 Å². The van der Waals surface area contributed by atoms with Crippen molar-refractivity contribution in [3.63, 3.8) is 0 Å². The largest absolute Gasteiger partial charge is 0.363 e. The van der Waals surface area contributed by atoms with E-state index >= 15 is 0 Å². The summed E-state index contributed by atoms with van der Waals surface area (Å²) in [6.07, 6.45) is 2.77. The molecule has 0 aliphatic rings. The first-order chi connectivity index (χ1) is 11.2. The molecule has 3 aromatic heterocycles. The maximum absolute atomic E-state index is 14.1. The van der Waals surface area contributed by atoms with Gasteiger partial charge in [-0.05, 0) is 12.1 Å². The number of nitrogens with zero attached hydrogens (tertiary/aromatic N) is 4. The number of halogens is 2. The molecule has 0 radical (unpaired) electrons. The van der Waals surface area contributed by atoms with Gasteiger partial charge in [-0.1, -0.05) is 22.8 Å². The number of aromatic nitrogens is 5. The van der Waals surface area contributed by atoms with Crippen LogP contribution in [0.2, 0.25) is 5.02 Å². The number of imidazole rings is 1. The van der Waals surface area contributed by atoms with Gasteiger partial charge in [0, 0.05) is 6.07 Å². The summed E-state index contributed by atoms with van der Waals surface area (Å²) < 4.78 is 18.8. The van der Waals surface area contributed by atoms with Crippen molar-refractivity contribution in [1.82, 2.24) is 25.1 Å². The first kappa shape index (κ1) is 13.6. The number of benzene rings is 1. The molecule has 7 nitrogen and oxygen atoms in total. The fraction of sp³-hybridized carbons (Fsp3) is 0. The molecule has 3 heterocycles. The van der Waals surface area contributed by atoms with Crippen LogP contribution in [0.15, 0.2) is 41.4 Å². The van der Waals surface area contributed by atoms with Gasteiger partial charge in [0.2, 0.25) is 0 Å². The number of rotatable bonds is 3. The minimum absolute atomic E-state index is 0.180. The highest BCUT2D eigenvalue weighted by Gasteiger charge is 2.16. The van der Waals surface area contributed by atoms with E-state index in [0.29, 0.717) is 22.8 Å². The molecular formula is C14H8ClFN6O. The predicted molar refractivity (Wildman–Crippen MR) is 81.9 cm³/mol. The van der Waals surface area contributed by atoms with E-state index in [-0.39, 0.29) is 16.4 Å². The smallest absolute Gasteiger partial charge is 0.183 e. The fourth-order valence-corrected chi connectivity index (χ4v) is 2.42. The first-order valence-corrected chi connectivity index (χ1v) is 6.92. The van der Waals surface area contributed by atoms with E-state index in [0.717, 1.165) is 0 Å². The van der Waals surface area contributed by atoms with Crippen LogP contribution in [0.1, 0.15) is 0 Å². The zero-order valence-corrected chi connectivity index (χ0v) is 12.2. The summed E-state index contributed by atoms with van der Waals surface area (Å²) >= 11 is 6.07. The first-order valence-electron chi connectivity index (χ1n) is 6.55. The van der Waals surface area contributed by atoms with Crippen LogP contribution in [0, 0.1) is 5.82 Å². The minimum Gasteiger partial charge on any atom is -0.363 e. The lowest BCUT2D eigenvalue weighted by atomic mass is 10.2. The molecule has 0 aliphatic heterocycles. The number of H-pyrrole nitrogens is 1. The van der Waals surface area contributed by atoms with E-state index in [1.54, 1.807) is 12.1 Å². The topological polar surface area (TPSA) is 92.5 Å². The summed E-state index contributed by atoms with van der Waals surface area (Å²) in [5.74, 6) is 0.711. The molecule has 0 saturated heterocycles. The molecule has 0 atom stereocenters. The normalized spacial score (nSPS) is 11.0. The van der Waals surface area contributed by atoms with Gasteiger partial charge in [0.05, 0.1) is 10.6 Å². The maximum Gasteiger partial charge on any atom is 0.183 e. The third-order valence-electron chi connectivity index (χ3n) is 3.17. The van der Waals surface area contributed by atoms with Crippen LogP contribution in [0.5, 0.6) is 0 Å². The highest BCUT2D eigenvalue weighted by Crippen LogP contribution is 2.31. The molecule has 0 saturated carbocycles. The van der Waals surface area contributed by atoms with Gasteiger partial charge in [0.1, 0.15) is 29.7 Å². The van der Waals surface area contributed by atoms with Gasteiger partial charge in [-0.15, -0.1) is 0 Å². The summed E-state index contributed by atoms with van der Waals surface area (Å²) in [6, 6.07) is 6.07. The molecule has 2 N–H and O–H groups in total. The number of fused-ring (bicyclic) bond motifs is 1. The Balaban J connectivity index is 1.85. The Kier molecular flexibility index (Phi) is 3.16. The van der Waals surface area contributed by atoms with Crippen LogP contribution in [0.3, 0.4) is 0 Å². The van der Waals surface area contributed by atoms with Gasteiger partial charge in [-0.2, -0.15) is 0 Å². The number of nitrogens with one attached hydrogen (secondary N) is 2. The second-order valence-electron chi connectivity index (χ2n) is 4.61. The third-order valence-corrected chi connectivity index (χ3v) is 3.49. The van der Waals surface area contributed by atoms with Gasteiger partial charge in [0.15, 0.2) is 17.3 Å². The molecule has 0 amide bonds. The van der Waals surface area contributed by atoms with Crippen LogP contribution in [-0.4, -0.2) is 25.1 Å².